The number of carbonyl (C=O) groups excluding carboxylic acids is 1. The van der Waals surface area contributed by atoms with Crippen LogP contribution in [0.3, 0.4) is 0 Å². The van der Waals surface area contributed by atoms with Crippen LogP contribution >= 0.6 is 24.0 Å². The van der Waals surface area contributed by atoms with Crippen molar-refractivity contribution in [2.45, 2.75) is 32.4 Å². The predicted molar refractivity (Wildman–Crippen MR) is 137 cm³/mol. The molecule has 3 rings (SSSR count). The smallest absolute Gasteiger partial charge is 0.253 e. The molecule has 1 fully saturated rings. The lowest BCUT2D eigenvalue weighted by atomic mass is 10.1. The van der Waals surface area contributed by atoms with E-state index in [9.17, 15) is 4.79 Å². The molecule has 0 atom stereocenters. The lowest BCUT2D eigenvalue weighted by Crippen LogP contribution is -2.36. The number of halogens is 1. The van der Waals surface area contributed by atoms with Crippen LogP contribution in [0.15, 0.2) is 47.6 Å². The maximum Gasteiger partial charge on any atom is 0.253 e. The summed E-state index contributed by atoms with van der Waals surface area (Å²) in [7, 11) is 5.28. The van der Waals surface area contributed by atoms with Crippen LogP contribution in [0.5, 0.6) is 0 Å². The third-order valence-corrected chi connectivity index (χ3v) is 5.24. The van der Waals surface area contributed by atoms with Gasteiger partial charge in [-0.05, 0) is 54.7 Å². The van der Waals surface area contributed by atoms with Crippen LogP contribution in [-0.2, 0) is 13.1 Å². The number of nitrogens with one attached hydrogen (secondary N) is 2. The monoisotopic (exact) mass is 536 g/mol. The summed E-state index contributed by atoms with van der Waals surface area (Å²) in [5.74, 6) is 1.80. The molecule has 1 aliphatic rings. The van der Waals surface area contributed by atoms with E-state index in [-0.39, 0.29) is 29.9 Å². The van der Waals surface area contributed by atoms with Crippen molar-refractivity contribution in [3.05, 3.63) is 59.3 Å². The van der Waals surface area contributed by atoms with Gasteiger partial charge in [-0.25, -0.2) is 4.98 Å². The molecule has 0 bridgehead atoms. The average Bonchev–Trinajstić information content (AvgIpc) is 2.80. The molecule has 2 N–H and O–H groups in total. The Hall–Kier alpha value is -2.36. The first kappa shape index (κ1) is 24.9. The molecule has 0 spiro atoms. The lowest BCUT2D eigenvalue weighted by molar-refractivity contribution is 0.0827. The maximum absolute atomic E-state index is 12.0. The standard InChI is InChI=1S/C23H32N6O.HI/c1-24-23(26-16-18-7-9-20(10-8-18)22(30)28(2)3)27-17-19-11-12-25-21(15-19)29-13-5-4-6-14-29;/h7-12,15H,4-6,13-14,16-17H2,1-3H3,(H2,24,26,27);1H. The summed E-state index contributed by atoms with van der Waals surface area (Å²) in [5.41, 5.74) is 2.96. The SMILES string of the molecule is CN=C(NCc1ccc(C(=O)N(C)C)cc1)NCc1ccnc(N2CCCCC2)c1.I. The summed E-state index contributed by atoms with van der Waals surface area (Å²) in [6, 6.07) is 11.8. The minimum Gasteiger partial charge on any atom is -0.357 e. The zero-order valence-electron chi connectivity index (χ0n) is 18.6. The van der Waals surface area contributed by atoms with Gasteiger partial charge < -0.3 is 20.4 Å². The van der Waals surface area contributed by atoms with Crippen molar-refractivity contribution in [2.24, 2.45) is 4.99 Å². The van der Waals surface area contributed by atoms with E-state index in [0.717, 1.165) is 30.4 Å². The average molecular weight is 536 g/mol. The van der Waals surface area contributed by atoms with E-state index in [2.05, 4.69) is 31.6 Å². The van der Waals surface area contributed by atoms with Crippen LogP contribution in [0.25, 0.3) is 0 Å². The number of hydrogen-bond donors (Lipinski definition) is 2. The highest BCUT2D eigenvalue weighted by molar-refractivity contribution is 14.0. The van der Waals surface area contributed by atoms with Crippen LogP contribution in [-0.4, -0.2) is 56.0 Å². The number of piperidine rings is 1. The van der Waals surface area contributed by atoms with Gasteiger partial charge in [-0.1, -0.05) is 12.1 Å². The van der Waals surface area contributed by atoms with Crippen molar-refractivity contribution in [3.63, 3.8) is 0 Å². The maximum atomic E-state index is 12.0. The van der Waals surface area contributed by atoms with Gasteiger partial charge >= 0.3 is 0 Å². The first-order valence-corrected chi connectivity index (χ1v) is 10.5. The summed E-state index contributed by atoms with van der Waals surface area (Å²) in [4.78, 5) is 24.8. The van der Waals surface area contributed by atoms with Crippen LogP contribution in [0.2, 0.25) is 0 Å². The normalized spacial score (nSPS) is 13.9. The summed E-state index contributed by atoms with van der Waals surface area (Å²) >= 11 is 0. The molecular weight excluding hydrogens is 503 g/mol. The van der Waals surface area contributed by atoms with E-state index in [1.54, 1.807) is 26.0 Å². The van der Waals surface area contributed by atoms with E-state index < -0.39 is 0 Å². The van der Waals surface area contributed by atoms with Gasteiger partial charge in [-0.15, -0.1) is 24.0 Å². The molecule has 0 aliphatic carbocycles. The predicted octanol–water partition coefficient (Wildman–Crippen LogP) is 3.26. The molecule has 2 aromatic rings. The molecule has 8 heteroatoms. The summed E-state index contributed by atoms with van der Waals surface area (Å²) < 4.78 is 0. The third-order valence-electron chi connectivity index (χ3n) is 5.24. The molecule has 0 saturated carbocycles. The van der Waals surface area contributed by atoms with Crippen molar-refractivity contribution in [3.8, 4) is 0 Å². The van der Waals surface area contributed by atoms with Gasteiger partial charge in [-0.2, -0.15) is 0 Å². The zero-order chi connectivity index (χ0) is 21.3. The molecule has 0 unspecified atom stereocenters. The number of rotatable bonds is 6. The summed E-state index contributed by atoms with van der Waals surface area (Å²) in [5, 5.41) is 6.69. The molecule has 31 heavy (non-hydrogen) atoms. The van der Waals surface area contributed by atoms with E-state index in [1.807, 2.05) is 36.5 Å². The first-order valence-electron chi connectivity index (χ1n) is 10.5. The number of nitrogens with zero attached hydrogens (tertiary/aromatic N) is 4. The highest BCUT2D eigenvalue weighted by atomic mass is 127. The van der Waals surface area contributed by atoms with Gasteiger partial charge in [0.15, 0.2) is 5.96 Å². The highest BCUT2D eigenvalue weighted by Gasteiger charge is 2.12. The quantitative estimate of drug-likeness (QED) is 0.337. The molecular formula is C23H33IN6O. The Morgan fingerprint density at radius 1 is 1.03 bits per heavy atom. The van der Waals surface area contributed by atoms with Gasteiger partial charge in [0.05, 0.1) is 0 Å². The number of anilines is 1. The molecule has 7 nitrogen and oxygen atoms in total. The fraction of sp³-hybridized carbons (Fsp3) is 0.435. The number of benzene rings is 1. The number of aliphatic imine (C=N–C) groups is 1. The molecule has 1 aromatic heterocycles. The van der Waals surface area contributed by atoms with Crippen molar-refractivity contribution >= 4 is 41.7 Å². The zero-order valence-corrected chi connectivity index (χ0v) is 20.9. The molecule has 1 aromatic carbocycles. The van der Waals surface area contributed by atoms with Gasteiger partial charge in [-0.3, -0.25) is 9.79 Å². The molecule has 168 valence electrons. The Morgan fingerprint density at radius 3 is 2.29 bits per heavy atom. The number of amides is 1. The van der Waals surface area contributed by atoms with Crippen molar-refractivity contribution in [1.29, 1.82) is 0 Å². The molecule has 0 radical (unpaired) electrons. The Bertz CT molecular complexity index is 863. The van der Waals surface area contributed by atoms with Crippen molar-refractivity contribution < 1.29 is 4.79 Å². The lowest BCUT2D eigenvalue weighted by Gasteiger charge is -2.28. The van der Waals surface area contributed by atoms with Crippen LogP contribution in [0.4, 0.5) is 5.82 Å². The van der Waals surface area contributed by atoms with E-state index in [1.165, 1.54) is 24.8 Å². The third kappa shape index (κ3) is 7.37. The van der Waals surface area contributed by atoms with Crippen LogP contribution < -0.4 is 15.5 Å². The number of aromatic nitrogens is 1. The Balaban J connectivity index is 0.00000341. The second-order valence-corrected chi connectivity index (χ2v) is 7.75. The number of guanidine groups is 1. The van der Waals surface area contributed by atoms with Gasteiger partial charge in [0.25, 0.3) is 5.91 Å². The van der Waals surface area contributed by atoms with Crippen molar-refractivity contribution in [2.75, 3.05) is 39.1 Å². The molecule has 1 amide bonds. The topological polar surface area (TPSA) is 72.9 Å². The van der Waals surface area contributed by atoms with Gasteiger partial charge in [0.2, 0.25) is 0 Å². The second-order valence-electron chi connectivity index (χ2n) is 7.75. The summed E-state index contributed by atoms with van der Waals surface area (Å²) in [6.07, 6.45) is 5.68. The van der Waals surface area contributed by atoms with Gasteiger partial charge in [0, 0.05) is 59.1 Å². The van der Waals surface area contributed by atoms with Gasteiger partial charge in [0.1, 0.15) is 5.82 Å². The number of carbonyl (C=O) groups is 1. The molecule has 2 heterocycles. The Kier molecular flexibility index (Phi) is 10.0. The highest BCUT2D eigenvalue weighted by Crippen LogP contribution is 2.18. The molecule has 1 saturated heterocycles. The van der Waals surface area contributed by atoms with E-state index in [4.69, 9.17) is 0 Å². The number of pyridine rings is 1. The van der Waals surface area contributed by atoms with Crippen LogP contribution in [0.1, 0.15) is 40.7 Å². The largest absolute Gasteiger partial charge is 0.357 e. The van der Waals surface area contributed by atoms with Crippen LogP contribution in [0, 0.1) is 0 Å². The minimum absolute atomic E-state index is 0. The minimum atomic E-state index is 0. The molecule has 1 aliphatic heterocycles. The number of hydrogen-bond acceptors (Lipinski definition) is 4. The Labute approximate surface area is 202 Å². The fourth-order valence-corrected chi connectivity index (χ4v) is 3.48. The summed E-state index contributed by atoms with van der Waals surface area (Å²) in [6.45, 7) is 3.49. The van der Waals surface area contributed by atoms with Crippen molar-refractivity contribution in [1.82, 2.24) is 20.5 Å². The first-order chi connectivity index (χ1) is 14.6. The Morgan fingerprint density at radius 2 is 1.68 bits per heavy atom. The van der Waals surface area contributed by atoms with E-state index in [0.29, 0.717) is 18.7 Å². The van der Waals surface area contributed by atoms with E-state index >= 15 is 0 Å². The second kappa shape index (κ2) is 12.5. The fourth-order valence-electron chi connectivity index (χ4n) is 3.48.